The predicted molar refractivity (Wildman–Crippen MR) is 189 cm³/mol. The Bertz CT molecular complexity index is 1800. The number of morpholine rings is 1. The zero-order valence-corrected chi connectivity index (χ0v) is 28.3. The first-order valence-corrected chi connectivity index (χ1v) is 16.7. The normalized spacial score (nSPS) is 16.1. The smallest absolute Gasteiger partial charge is 0.383 e. The van der Waals surface area contributed by atoms with Gasteiger partial charge in [-0.05, 0) is 67.8 Å². The Morgan fingerprint density at radius 1 is 0.863 bits per heavy atom. The SMILES string of the molecule is CN(CCN1CCOCC1)C(=O)c1cccc(C(=O)Nc2ccc(N3CCCCC3)cc2C(=O)N=C(N)/N=C(\N)c2cccc(C(F)(F)F)c2)c1. The molecule has 2 saturated heterocycles. The molecule has 2 fully saturated rings. The molecule has 5 N–H and O–H groups in total. The number of piperidine rings is 1. The van der Waals surface area contributed by atoms with E-state index in [9.17, 15) is 27.6 Å². The Morgan fingerprint density at radius 3 is 2.27 bits per heavy atom. The van der Waals surface area contributed by atoms with Gasteiger partial charge >= 0.3 is 6.18 Å². The van der Waals surface area contributed by atoms with Gasteiger partial charge in [-0.15, -0.1) is 0 Å². The summed E-state index contributed by atoms with van der Waals surface area (Å²) < 4.78 is 45.0. The minimum absolute atomic E-state index is 0.0114. The lowest BCUT2D eigenvalue weighted by Crippen LogP contribution is -2.41. The first-order valence-electron chi connectivity index (χ1n) is 16.7. The molecule has 0 radical (unpaired) electrons. The third-order valence-electron chi connectivity index (χ3n) is 8.71. The molecule has 0 spiro atoms. The molecule has 0 unspecified atom stereocenters. The lowest BCUT2D eigenvalue weighted by molar-refractivity contribution is -0.137. The van der Waals surface area contributed by atoms with Crippen molar-refractivity contribution in [2.24, 2.45) is 21.5 Å². The van der Waals surface area contributed by atoms with Crippen molar-refractivity contribution >= 4 is 40.9 Å². The van der Waals surface area contributed by atoms with Crippen LogP contribution in [0.25, 0.3) is 0 Å². The van der Waals surface area contributed by atoms with Crippen LogP contribution in [0.2, 0.25) is 0 Å². The van der Waals surface area contributed by atoms with Crippen molar-refractivity contribution in [3.63, 3.8) is 0 Å². The largest absolute Gasteiger partial charge is 0.416 e. The van der Waals surface area contributed by atoms with E-state index in [1.165, 1.54) is 18.2 Å². The number of hydrogen-bond donors (Lipinski definition) is 3. The molecule has 2 heterocycles. The Kier molecular flexibility index (Phi) is 12.1. The summed E-state index contributed by atoms with van der Waals surface area (Å²) in [6.45, 7) is 5.70. The van der Waals surface area contributed by atoms with E-state index in [1.807, 2.05) is 0 Å². The third-order valence-corrected chi connectivity index (χ3v) is 8.71. The Balaban J connectivity index is 1.36. The number of amides is 3. The third kappa shape index (κ3) is 9.92. The fraction of sp³-hybridized carbons (Fsp3) is 0.361. The van der Waals surface area contributed by atoms with Gasteiger partial charge in [0.25, 0.3) is 17.7 Å². The second-order valence-corrected chi connectivity index (χ2v) is 12.3. The molecule has 5 rings (SSSR count). The van der Waals surface area contributed by atoms with Gasteiger partial charge in [0.2, 0.25) is 5.96 Å². The van der Waals surface area contributed by atoms with E-state index >= 15 is 0 Å². The zero-order valence-electron chi connectivity index (χ0n) is 28.3. The minimum Gasteiger partial charge on any atom is -0.383 e. The number of aliphatic imine (C=N–C) groups is 2. The van der Waals surface area contributed by atoms with Crippen LogP contribution in [0.15, 0.2) is 76.7 Å². The fourth-order valence-corrected chi connectivity index (χ4v) is 5.83. The maximum absolute atomic E-state index is 13.6. The van der Waals surface area contributed by atoms with Crippen LogP contribution in [0.4, 0.5) is 24.5 Å². The average molecular weight is 707 g/mol. The van der Waals surface area contributed by atoms with E-state index in [-0.39, 0.29) is 34.1 Å². The predicted octanol–water partition coefficient (Wildman–Crippen LogP) is 4.21. The van der Waals surface area contributed by atoms with Gasteiger partial charge in [-0.3, -0.25) is 19.3 Å². The molecule has 15 heteroatoms. The second-order valence-electron chi connectivity index (χ2n) is 12.3. The number of nitrogens with two attached hydrogens (primary N) is 2. The number of benzene rings is 3. The van der Waals surface area contributed by atoms with Crippen LogP contribution in [0.1, 0.15) is 61.5 Å². The molecule has 3 aromatic carbocycles. The maximum atomic E-state index is 13.6. The van der Waals surface area contributed by atoms with Crippen LogP contribution in [0.3, 0.4) is 0 Å². The number of ether oxygens (including phenoxy) is 1. The minimum atomic E-state index is -4.59. The number of carbonyl (C=O) groups excluding carboxylic acids is 3. The van der Waals surface area contributed by atoms with Gasteiger partial charge in [0.05, 0.1) is 30.0 Å². The zero-order chi connectivity index (χ0) is 36.5. The standard InChI is InChI=1S/C36H41F3N8O4/c1-45(15-16-46-17-19-51-20-18-46)34(50)26-9-5-8-25(21-26)32(48)42-30-12-11-28(47-13-3-2-4-14-47)23-29(30)33(49)44-35(41)43-31(40)24-7-6-10-27(22-24)36(37,38)39/h5-12,21-23H,2-4,13-20H2,1H3,(H,42,48)(H4,40,41,43,44,49). The molecule has 2 aliphatic rings. The Morgan fingerprint density at radius 2 is 1.55 bits per heavy atom. The van der Waals surface area contributed by atoms with Crippen molar-refractivity contribution in [2.75, 3.05) is 69.7 Å². The number of alkyl halides is 3. The molecule has 0 bridgehead atoms. The summed E-state index contributed by atoms with van der Waals surface area (Å²) in [5.41, 5.74) is 12.3. The number of nitrogens with one attached hydrogen (secondary N) is 1. The highest BCUT2D eigenvalue weighted by Gasteiger charge is 2.30. The van der Waals surface area contributed by atoms with Gasteiger partial charge < -0.3 is 31.3 Å². The highest BCUT2D eigenvalue weighted by Crippen LogP contribution is 2.30. The number of halogens is 3. The first kappa shape index (κ1) is 37.0. The van der Waals surface area contributed by atoms with E-state index < -0.39 is 29.5 Å². The average Bonchev–Trinajstić information content (AvgIpc) is 3.14. The molecule has 0 atom stereocenters. The van der Waals surface area contributed by atoms with Crippen molar-refractivity contribution < 1.29 is 32.3 Å². The van der Waals surface area contributed by atoms with Gasteiger partial charge in [-0.1, -0.05) is 18.2 Å². The summed E-state index contributed by atoms with van der Waals surface area (Å²) in [6, 6.07) is 15.5. The lowest BCUT2D eigenvalue weighted by atomic mass is 10.1. The van der Waals surface area contributed by atoms with Crippen LogP contribution in [0, 0.1) is 0 Å². The van der Waals surface area contributed by atoms with E-state index in [4.69, 9.17) is 16.2 Å². The fourth-order valence-electron chi connectivity index (χ4n) is 5.83. The second kappa shape index (κ2) is 16.6. The van der Waals surface area contributed by atoms with Crippen molar-refractivity contribution in [3.05, 3.63) is 94.5 Å². The van der Waals surface area contributed by atoms with Crippen LogP contribution >= 0.6 is 0 Å². The summed E-state index contributed by atoms with van der Waals surface area (Å²) in [5.74, 6) is -2.61. The Hall–Kier alpha value is -5.28. The molecule has 3 amide bonds. The maximum Gasteiger partial charge on any atom is 0.416 e. The molecule has 0 aliphatic carbocycles. The number of guanidine groups is 1. The first-order chi connectivity index (χ1) is 24.4. The number of rotatable bonds is 9. The van der Waals surface area contributed by atoms with Crippen LogP contribution < -0.4 is 21.7 Å². The molecule has 12 nitrogen and oxygen atoms in total. The summed E-state index contributed by atoms with van der Waals surface area (Å²) in [6.07, 6.45) is -1.54. The van der Waals surface area contributed by atoms with Crippen molar-refractivity contribution in [3.8, 4) is 0 Å². The molecule has 51 heavy (non-hydrogen) atoms. The molecule has 270 valence electrons. The molecule has 0 aromatic heterocycles. The highest BCUT2D eigenvalue weighted by molar-refractivity contribution is 6.13. The number of likely N-dealkylation sites (N-methyl/N-ethyl adjacent to an activating group) is 1. The van der Waals surface area contributed by atoms with Crippen LogP contribution in [0.5, 0.6) is 0 Å². The van der Waals surface area contributed by atoms with Gasteiger partial charge in [0.15, 0.2) is 0 Å². The molecular formula is C36H41F3N8O4. The number of anilines is 2. The number of nitrogens with zero attached hydrogens (tertiary/aromatic N) is 5. The van der Waals surface area contributed by atoms with Crippen molar-refractivity contribution in [2.45, 2.75) is 25.4 Å². The van der Waals surface area contributed by atoms with Gasteiger partial charge in [-0.25, -0.2) is 0 Å². The summed E-state index contributed by atoms with van der Waals surface area (Å²) >= 11 is 0. The number of carbonyl (C=O) groups is 3. The number of hydrogen-bond acceptors (Lipinski definition) is 6. The monoisotopic (exact) mass is 706 g/mol. The van der Waals surface area contributed by atoms with E-state index in [0.29, 0.717) is 31.9 Å². The number of amidine groups is 1. The summed E-state index contributed by atoms with van der Waals surface area (Å²) in [7, 11) is 1.71. The van der Waals surface area contributed by atoms with E-state index in [0.717, 1.165) is 63.3 Å². The van der Waals surface area contributed by atoms with Gasteiger partial charge in [-0.2, -0.15) is 23.2 Å². The lowest BCUT2D eigenvalue weighted by Gasteiger charge is -2.29. The summed E-state index contributed by atoms with van der Waals surface area (Å²) in [4.78, 5) is 54.0. The quantitative estimate of drug-likeness (QED) is 0.221. The van der Waals surface area contributed by atoms with Gasteiger partial charge in [0, 0.05) is 68.7 Å². The van der Waals surface area contributed by atoms with Crippen molar-refractivity contribution in [1.82, 2.24) is 9.80 Å². The highest BCUT2D eigenvalue weighted by atomic mass is 19.4. The molecule has 3 aromatic rings. The Labute approximate surface area is 293 Å². The van der Waals surface area contributed by atoms with Gasteiger partial charge in [0.1, 0.15) is 5.84 Å². The molecular weight excluding hydrogens is 665 g/mol. The molecule has 2 aliphatic heterocycles. The van der Waals surface area contributed by atoms with Crippen molar-refractivity contribution in [1.29, 1.82) is 0 Å². The summed E-state index contributed by atoms with van der Waals surface area (Å²) in [5, 5.41) is 2.76. The van der Waals surface area contributed by atoms with Crippen LogP contribution in [-0.2, 0) is 10.9 Å². The van der Waals surface area contributed by atoms with Crippen LogP contribution in [-0.4, -0.2) is 98.8 Å². The topological polar surface area (TPSA) is 159 Å². The van der Waals surface area contributed by atoms with E-state index in [1.54, 1.807) is 48.3 Å². The van der Waals surface area contributed by atoms with E-state index in [2.05, 4.69) is 25.1 Å². The molecule has 0 saturated carbocycles.